The van der Waals surface area contributed by atoms with E-state index in [1.165, 1.54) is 38.6 Å². The molecule has 0 unspecified atom stereocenters. The second-order valence-electron chi connectivity index (χ2n) is 4.25. The second kappa shape index (κ2) is 14.5. The Bertz CT molecular complexity index is 60.8. The molecule has 0 rings (SSSR count). The van der Waals surface area contributed by atoms with E-state index in [2.05, 4.69) is 33.0 Å². The van der Waals surface area contributed by atoms with Crippen molar-refractivity contribution in [2.45, 2.75) is 59.8 Å². The maximum Gasteiger partial charge on any atom is -0.00519 e. The summed E-state index contributed by atoms with van der Waals surface area (Å²) in [7, 11) is 2.01. The van der Waals surface area contributed by atoms with Gasteiger partial charge in [0.1, 0.15) is 0 Å². The Hall–Kier alpha value is -0.0400. The first-order valence-corrected chi connectivity index (χ1v) is 5.79. The summed E-state index contributed by atoms with van der Waals surface area (Å²) in [6, 6.07) is 0. The van der Waals surface area contributed by atoms with Crippen LogP contribution in [0.1, 0.15) is 59.8 Å². The summed E-state index contributed by atoms with van der Waals surface area (Å²) in [6.07, 6.45) is 6.91. The van der Waals surface area contributed by atoms with Gasteiger partial charge in [-0.2, -0.15) is 0 Å². The molecule has 82 valence electrons. The van der Waals surface area contributed by atoms with Crippen LogP contribution in [0.4, 0.5) is 0 Å². The highest BCUT2D eigenvalue weighted by molar-refractivity contribution is 4.43. The summed E-state index contributed by atoms with van der Waals surface area (Å²) in [5.41, 5.74) is 0. The van der Waals surface area contributed by atoms with Gasteiger partial charge in [0.25, 0.3) is 0 Å². The van der Waals surface area contributed by atoms with Crippen molar-refractivity contribution in [1.29, 1.82) is 0 Å². The Kier molecular flexibility index (Phi) is 17.2. The lowest BCUT2D eigenvalue weighted by Crippen LogP contribution is -2.06. The summed E-state index contributed by atoms with van der Waals surface area (Å²) in [6.45, 7) is 9.93. The lowest BCUT2D eigenvalue weighted by Gasteiger charge is -1.97. The molecule has 0 heterocycles. The van der Waals surface area contributed by atoms with Gasteiger partial charge in [-0.25, -0.2) is 0 Å². The molecule has 0 amide bonds. The zero-order valence-electron chi connectivity index (χ0n) is 10.3. The number of unbranched alkanes of at least 4 members (excludes halogenated alkanes) is 4. The zero-order chi connectivity index (χ0) is 10.5. The molecule has 0 aliphatic carbocycles. The molecule has 0 aliphatic rings. The molecule has 0 aromatic heterocycles. The predicted octanol–water partition coefficient (Wildman–Crippen LogP) is 3.84. The standard InChI is InChI=1S/C8H19N.C4H10/c1-3-4-5-6-7-8-9-2;1-4(2)3/h9H,3-8H2,1-2H3;4H,1-3H3. The summed E-state index contributed by atoms with van der Waals surface area (Å²) in [5, 5.41) is 3.14. The summed E-state index contributed by atoms with van der Waals surface area (Å²) >= 11 is 0. The molecule has 13 heavy (non-hydrogen) atoms. The first kappa shape index (κ1) is 15.4. The van der Waals surface area contributed by atoms with Crippen LogP contribution < -0.4 is 5.32 Å². The highest BCUT2D eigenvalue weighted by Gasteiger charge is 1.85. The zero-order valence-corrected chi connectivity index (χ0v) is 10.3. The van der Waals surface area contributed by atoms with Crippen LogP contribution in [0.25, 0.3) is 0 Å². The third-order valence-corrected chi connectivity index (χ3v) is 1.53. The van der Waals surface area contributed by atoms with Gasteiger partial charge in [-0.05, 0) is 25.9 Å². The van der Waals surface area contributed by atoms with E-state index in [1.54, 1.807) is 0 Å². The van der Waals surface area contributed by atoms with E-state index < -0.39 is 0 Å². The second-order valence-corrected chi connectivity index (χ2v) is 4.25. The van der Waals surface area contributed by atoms with Crippen LogP contribution in [-0.2, 0) is 0 Å². The number of nitrogens with one attached hydrogen (secondary N) is 1. The Balaban J connectivity index is 0. The molecule has 1 N–H and O–H groups in total. The molecule has 1 heteroatoms. The number of hydrogen-bond acceptors (Lipinski definition) is 1. The van der Waals surface area contributed by atoms with E-state index in [-0.39, 0.29) is 0 Å². The molecule has 0 radical (unpaired) electrons. The summed E-state index contributed by atoms with van der Waals surface area (Å²) < 4.78 is 0. The van der Waals surface area contributed by atoms with Crippen molar-refractivity contribution in [3.63, 3.8) is 0 Å². The molecule has 0 bridgehead atoms. The van der Waals surface area contributed by atoms with Crippen molar-refractivity contribution in [3.05, 3.63) is 0 Å². The summed E-state index contributed by atoms with van der Waals surface area (Å²) in [4.78, 5) is 0. The third kappa shape index (κ3) is 33.4. The van der Waals surface area contributed by atoms with E-state index in [0.717, 1.165) is 5.92 Å². The van der Waals surface area contributed by atoms with Gasteiger partial charge in [-0.15, -0.1) is 0 Å². The fourth-order valence-corrected chi connectivity index (χ4v) is 0.905. The minimum absolute atomic E-state index is 0.833. The van der Waals surface area contributed by atoms with Crippen LogP contribution in [-0.4, -0.2) is 13.6 Å². The van der Waals surface area contributed by atoms with Crippen LogP contribution in [0.15, 0.2) is 0 Å². The highest BCUT2D eigenvalue weighted by atomic mass is 14.8. The van der Waals surface area contributed by atoms with Crippen LogP contribution >= 0.6 is 0 Å². The minimum atomic E-state index is 0.833. The molecule has 0 aromatic carbocycles. The average Bonchev–Trinajstić information content (AvgIpc) is 2.03. The number of hydrogen-bond donors (Lipinski definition) is 1. The molecule has 0 fully saturated rings. The highest BCUT2D eigenvalue weighted by Crippen LogP contribution is 2.00. The van der Waals surface area contributed by atoms with E-state index in [9.17, 15) is 0 Å². The quantitative estimate of drug-likeness (QED) is 0.623. The van der Waals surface area contributed by atoms with E-state index >= 15 is 0 Å². The van der Waals surface area contributed by atoms with Crippen molar-refractivity contribution < 1.29 is 0 Å². The maximum absolute atomic E-state index is 3.14. The fourth-order valence-electron chi connectivity index (χ4n) is 0.905. The van der Waals surface area contributed by atoms with E-state index in [0.29, 0.717) is 0 Å². The topological polar surface area (TPSA) is 12.0 Å². The average molecular weight is 187 g/mol. The Morgan fingerprint density at radius 3 is 1.77 bits per heavy atom. The Morgan fingerprint density at radius 2 is 1.38 bits per heavy atom. The normalized spacial score (nSPS) is 9.69. The van der Waals surface area contributed by atoms with E-state index in [4.69, 9.17) is 0 Å². The maximum atomic E-state index is 3.14. The predicted molar refractivity (Wildman–Crippen MR) is 63.2 cm³/mol. The van der Waals surface area contributed by atoms with Crippen LogP contribution in [0, 0.1) is 5.92 Å². The summed E-state index contributed by atoms with van der Waals surface area (Å²) in [5.74, 6) is 0.833. The Labute approximate surface area is 85.3 Å². The minimum Gasteiger partial charge on any atom is -0.320 e. The van der Waals surface area contributed by atoms with Crippen molar-refractivity contribution in [2.24, 2.45) is 5.92 Å². The fraction of sp³-hybridized carbons (Fsp3) is 1.00. The molecule has 0 saturated heterocycles. The van der Waals surface area contributed by atoms with Gasteiger partial charge in [0.05, 0.1) is 0 Å². The number of rotatable bonds is 6. The first-order chi connectivity index (χ1) is 6.15. The van der Waals surface area contributed by atoms with Crippen LogP contribution in [0.5, 0.6) is 0 Å². The monoisotopic (exact) mass is 187 g/mol. The first-order valence-electron chi connectivity index (χ1n) is 5.79. The SMILES string of the molecule is CC(C)C.CCCCCCCNC. The molecule has 0 aliphatic heterocycles. The molecule has 0 atom stereocenters. The van der Waals surface area contributed by atoms with Crippen molar-refractivity contribution in [1.82, 2.24) is 5.32 Å². The largest absolute Gasteiger partial charge is 0.320 e. The molecular formula is C12H29N. The molecule has 0 spiro atoms. The molecule has 0 aromatic rings. The van der Waals surface area contributed by atoms with Gasteiger partial charge >= 0.3 is 0 Å². The smallest absolute Gasteiger partial charge is 0.00519 e. The molecule has 0 saturated carbocycles. The van der Waals surface area contributed by atoms with Gasteiger partial charge in [-0.1, -0.05) is 53.4 Å². The van der Waals surface area contributed by atoms with Gasteiger partial charge < -0.3 is 5.32 Å². The van der Waals surface area contributed by atoms with Crippen molar-refractivity contribution in [2.75, 3.05) is 13.6 Å². The van der Waals surface area contributed by atoms with Gasteiger partial charge in [0, 0.05) is 0 Å². The lowest BCUT2D eigenvalue weighted by molar-refractivity contribution is 0.610. The van der Waals surface area contributed by atoms with Gasteiger partial charge in [0.15, 0.2) is 0 Å². The van der Waals surface area contributed by atoms with Crippen LogP contribution in [0.3, 0.4) is 0 Å². The van der Waals surface area contributed by atoms with Crippen LogP contribution in [0.2, 0.25) is 0 Å². The molecular weight excluding hydrogens is 158 g/mol. The lowest BCUT2D eigenvalue weighted by atomic mass is 10.1. The Morgan fingerprint density at radius 1 is 0.923 bits per heavy atom. The van der Waals surface area contributed by atoms with E-state index in [1.807, 2.05) is 7.05 Å². The molecule has 1 nitrogen and oxygen atoms in total. The van der Waals surface area contributed by atoms with Crippen molar-refractivity contribution in [3.8, 4) is 0 Å². The van der Waals surface area contributed by atoms with Gasteiger partial charge in [0.2, 0.25) is 0 Å². The van der Waals surface area contributed by atoms with Crippen molar-refractivity contribution >= 4 is 0 Å². The van der Waals surface area contributed by atoms with Gasteiger partial charge in [-0.3, -0.25) is 0 Å². The third-order valence-electron chi connectivity index (χ3n) is 1.53.